The lowest BCUT2D eigenvalue weighted by Crippen LogP contribution is -2.56. The Bertz CT molecular complexity index is 686. The maximum absolute atomic E-state index is 12.2. The van der Waals surface area contributed by atoms with Gasteiger partial charge < -0.3 is 10.3 Å². The Morgan fingerprint density at radius 3 is 2.75 bits per heavy atom. The lowest BCUT2D eigenvalue weighted by Gasteiger charge is -2.37. The normalized spacial score (nSPS) is 16.0. The summed E-state index contributed by atoms with van der Waals surface area (Å²) in [6, 6.07) is 0.563. The van der Waals surface area contributed by atoms with Gasteiger partial charge in [0.05, 0.1) is 11.9 Å². The van der Waals surface area contributed by atoms with Crippen LogP contribution in [0, 0.1) is 13.8 Å². The number of aromatic amines is 1. The van der Waals surface area contributed by atoms with Gasteiger partial charge >= 0.3 is 0 Å². The van der Waals surface area contributed by atoms with Crippen molar-refractivity contribution in [3.63, 3.8) is 0 Å². The first-order chi connectivity index (χ1) is 9.60. The molecule has 0 spiro atoms. The summed E-state index contributed by atoms with van der Waals surface area (Å²) in [5, 5.41) is 4.04. The number of nitrogens with one attached hydrogen (secondary N) is 2. The van der Waals surface area contributed by atoms with Crippen LogP contribution in [-0.2, 0) is 6.54 Å². The van der Waals surface area contributed by atoms with Gasteiger partial charge in [-0.1, -0.05) is 6.92 Å². The molecule has 0 radical (unpaired) electrons. The molecule has 0 saturated carbocycles. The van der Waals surface area contributed by atoms with E-state index >= 15 is 0 Å². The average Bonchev–Trinajstić information content (AvgIpc) is 2.62. The average molecular weight is 292 g/mol. The van der Waals surface area contributed by atoms with E-state index in [9.17, 15) is 4.79 Å². The van der Waals surface area contributed by atoms with Crippen LogP contribution in [0.25, 0.3) is 10.2 Å². The smallest absolute Gasteiger partial charge is 0.259 e. The van der Waals surface area contributed by atoms with Gasteiger partial charge in [-0.2, -0.15) is 0 Å². The van der Waals surface area contributed by atoms with Crippen LogP contribution in [0.3, 0.4) is 0 Å². The summed E-state index contributed by atoms with van der Waals surface area (Å²) in [6.45, 7) is 9.91. The number of nitrogens with zero attached hydrogens (tertiary/aromatic N) is 2. The predicted octanol–water partition coefficient (Wildman–Crippen LogP) is 1.40. The lowest BCUT2D eigenvalue weighted by molar-refractivity contribution is 0.142. The largest absolute Gasteiger partial charge is 0.314 e. The SMILES string of the molecule is CCN(Cc1nc2sc(C)c(C)c2c(=O)[nH]1)C1CNC1. The first kappa shape index (κ1) is 13.7. The highest BCUT2D eigenvalue weighted by Gasteiger charge is 2.24. The van der Waals surface area contributed by atoms with Crippen LogP contribution < -0.4 is 10.9 Å². The number of thiophene rings is 1. The van der Waals surface area contributed by atoms with Gasteiger partial charge in [-0.15, -0.1) is 11.3 Å². The monoisotopic (exact) mass is 292 g/mol. The molecule has 0 aromatic carbocycles. The van der Waals surface area contributed by atoms with Crippen molar-refractivity contribution in [2.45, 2.75) is 33.4 Å². The highest BCUT2D eigenvalue weighted by molar-refractivity contribution is 7.18. The lowest BCUT2D eigenvalue weighted by atomic mass is 10.1. The van der Waals surface area contributed by atoms with Gasteiger partial charge in [0, 0.05) is 24.0 Å². The van der Waals surface area contributed by atoms with E-state index in [1.54, 1.807) is 11.3 Å². The fourth-order valence-electron chi connectivity index (χ4n) is 2.60. The van der Waals surface area contributed by atoms with E-state index in [0.29, 0.717) is 12.6 Å². The Morgan fingerprint density at radius 1 is 1.40 bits per heavy atom. The third-order valence-corrected chi connectivity index (χ3v) is 5.22. The predicted molar refractivity (Wildman–Crippen MR) is 82.5 cm³/mol. The molecule has 2 N–H and O–H groups in total. The Morgan fingerprint density at radius 2 is 2.15 bits per heavy atom. The molecule has 6 heteroatoms. The van der Waals surface area contributed by atoms with E-state index in [0.717, 1.165) is 41.2 Å². The summed E-state index contributed by atoms with van der Waals surface area (Å²) in [5.41, 5.74) is 1.05. The molecule has 0 unspecified atom stereocenters. The summed E-state index contributed by atoms with van der Waals surface area (Å²) in [5.74, 6) is 0.775. The molecule has 1 aliphatic heterocycles. The second-order valence-corrected chi connectivity index (χ2v) is 6.55. The molecule has 2 aromatic heterocycles. The molecular formula is C14H20N4OS. The molecule has 1 saturated heterocycles. The first-order valence-corrected chi connectivity index (χ1v) is 7.85. The van der Waals surface area contributed by atoms with E-state index in [1.165, 1.54) is 4.88 Å². The van der Waals surface area contributed by atoms with Crippen molar-refractivity contribution in [2.24, 2.45) is 0 Å². The summed E-state index contributed by atoms with van der Waals surface area (Å²) in [7, 11) is 0. The maximum atomic E-state index is 12.2. The summed E-state index contributed by atoms with van der Waals surface area (Å²) >= 11 is 1.61. The molecule has 20 heavy (non-hydrogen) atoms. The number of hydrogen-bond acceptors (Lipinski definition) is 5. The van der Waals surface area contributed by atoms with Gasteiger partial charge in [-0.05, 0) is 26.0 Å². The van der Waals surface area contributed by atoms with E-state index in [2.05, 4.69) is 27.1 Å². The third kappa shape index (κ3) is 2.28. The number of likely N-dealkylation sites (N-methyl/N-ethyl adjacent to an activating group) is 1. The van der Waals surface area contributed by atoms with Crippen LogP contribution in [0.5, 0.6) is 0 Å². The zero-order valence-corrected chi connectivity index (χ0v) is 12.9. The highest BCUT2D eigenvalue weighted by atomic mass is 32.1. The van der Waals surface area contributed by atoms with Crippen molar-refractivity contribution in [2.75, 3.05) is 19.6 Å². The molecule has 0 bridgehead atoms. The molecule has 108 valence electrons. The molecular weight excluding hydrogens is 272 g/mol. The van der Waals surface area contributed by atoms with Gasteiger partial charge in [-0.3, -0.25) is 9.69 Å². The summed E-state index contributed by atoms with van der Waals surface area (Å²) < 4.78 is 0. The molecule has 0 amide bonds. The standard InChI is InChI=1S/C14H20N4OS/c1-4-18(10-5-15-6-10)7-11-16-13(19)12-8(2)9(3)20-14(12)17-11/h10,15H,4-7H2,1-3H3,(H,16,17,19). The number of H-pyrrole nitrogens is 1. The van der Waals surface area contributed by atoms with Gasteiger partial charge in [0.2, 0.25) is 0 Å². The molecule has 5 nitrogen and oxygen atoms in total. The number of rotatable bonds is 4. The Hall–Kier alpha value is -1.24. The second-order valence-electron chi connectivity index (χ2n) is 5.35. The third-order valence-electron chi connectivity index (χ3n) is 4.12. The number of aromatic nitrogens is 2. The van der Waals surface area contributed by atoms with Crippen molar-refractivity contribution in [1.82, 2.24) is 20.2 Å². The van der Waals surface area contributed by atoms with Gasteiger partial charge in [0.1, 0.15) is 10.7 Å². The van der Waals surface area contributed by atoms with Crippen molar-refractivity contribution in [3.05, 3.63) is 26.6 Å². The minimum atomic E-state index is -0.00497. The second kappa shape index (κ2) is 5.27. The molecule has 0 atom stereocenters. The molecule has 1 aliphatic rings. The minimum Gasteiger partial charge on any atom is -0.314 e. The Balaban J connectivity index is 1.94. The van der Waals surface area contributed by atoms with E-state index in [-0.39, 0.29) is 5.56 Å². The summed E-state index contributed by atoms with van der Waals surface area (Å²) in [4.78, 5) is 24.2. The minimum absolute atomic E-state index is 0.00497. The zero-order valence-electron chi connectivity index (χ0n) is 12.1. The topological polar surface area (TPSA) is 61.0 Å². The molecule has 3 rings (SSSR count). The Labute approximate surface area is 122 Å². The maximum Gasteiger partial charge on any atom is 0.259 e. The zero-order chi connectivity index (χ0) is 14.3. The fraction of sp³-hybridized carbons (Fsp3) is 0.571. The van der Waals surface area contributed by atoms with Crippen LogP contribution in [0.4, 0.5) is 0 Å². The molecule has 3 heterocycles. The van der Waals surface area contributed by atoms with Gasteiger partial charge in [0.15, 0.2) is 0 Å². The fourth-order valence-corrected chi connectivity index (χ4v) is 3.65. The highest BCUT2D eigenvalue weighted by Crippen LogP contribution is 2.25. The number of aryl methyl sites for hydroxylation is 2. The van der Waals surface area contributed by atoms with E-state index < -0.39 is 0 Å². The van der Waals surface area contributed by atoms with Crippen LogP contribution >= 0.6 is 11.3 Å². The van der Waals surface area contributed by atoms with Crippen LogP contribution in [-0.4, -0.2) is 40.5 Å². The van der Waals surface area contributed by atoms with Gasteiger partial charge in [0.25, 0.3) is 5.56 Å². The quantitative estimate of drug-likeness (QED) is 0.894. The van der Waals surface area contributed by atoms with Crippen LogP contribution in [0.2, 0.25) is 0 Å². The summed E-state index contributed by atoms with van der Waals surface area (Å²) in [6.07, 6.45) is 0. The molecule has 1 fully saturated rings. The van der Waals surface area contributed by atoms with Crippen molar-refractivity contribution in [1.29, 1.82) is 0 Å². The van der Waals surface area contributed by atoms with Gasteiger partial charge in [-0.25, -0.2) is 4.98 Å². The molecule has 2 aromatic rings. The van der Waals surface area contributed by atoms with Crippen molar-refractivity contribution >= 4 is 21.6 Å². The van der Waals surface area contributed by atoms with E-state index in [1.807, 2.05) is 13.8 Å². The molecule has 0 aliphatic carbocycles. The van der Waals surface area contributed by atoms with Crippen LogP contribution in [0.15, 0.2) is 4.79 Å². The van der Waals surface area contributed by atoms with E-state index in [4.69, 9.17) is 0 Å². The van der Waals surface area contributed by atoms with Crippen LogP contribution in [0.1, 0.15) is 23.2 Å². The first-order valence-electron chi connectivity index (χ1n) is 7.03. The number of fused-ring (bicyclic) bond motifs is 1. The van der Waals surface area contributed by atoms with Crippen molar-refractivity contribution in [3.8, 4) is 0 Å². The van der Waals surface area contributed by atoms with Crippen molar-refractivity contribution < 1.29 is 0 Å². The Kier molecular flexibility index (Phi) is 3.62. The number of hydrogen-bond donors (Lipinski definition) is 2.